The highest BCUT2D eigenvalue weighted by atomic mass is 16.6. The number of carbonyl (C=O) groups excluding carboxylic acids is 6. The van der Waals surface area contributed by atoms with E-state index >= 15 is 0 Å². The Labute approximate surface area is 695 Å². The number of aliphatic hydroxyl groups excluding tert-OH is 1. The molecule has 21 aliphatic carbocycles. The molecule has 21 fully saturated rings. The van der Waals surface area contributed by atoms with Crippen LogP contribution in [0.1, 0.15) is 343 Å². The van der Waals surface area contributed by atoms with Crippen LogP contribution in [0.4, 0.5) is 0 Å². The molecule has 646 valence electrons. The molecule has 115 heavy (non-hydrogen) atoms. The molecule has 14 nitrogen and oxygen atoms in total. The summed E-state index contributed by atoms with van der Waals surface area (Å²) < 4.78 is 36.7. The molecule has 14 heteroatoms. The van der Waals surface area contributed by atoms with Crippen molar-refractivity contribution in [1.82, 2.24) is 0 Å². The molecule has 0 aliphatic heterocycles. The van der Waals surface area contributed by atoms with E-state index in [1.165, 1.54) is 109 Å². The Morgan fingerprint density at radius 2 is 0.765 bits per heavy atom. The van der Waals surface area contributed by atoms with E-state index in [0.717, 1.165) is 152 Å². The second-order valence-corrected chi connectivity index (χ2v) is 44.9. The molecule has 0 amide bonds. The molecule has 20 bridgehead atoms. The van der Waals surface area contributed by atoms with Crippen LogP contribution in [0.15, 0.2) is 60.8 Å². The van der Waals surface area contributed by atoms with Gasteiger partial charge in [0.2, 0.25) is 0 Å². The number of rotatable bonds is 23. The molecule has 0 saturated heterocycles. The van der Waals surface area contributed by atoms with E-state index in [2.05, 4.69) is 72.1 Å². The van der Waals surface area contributed by atoms with Crippen molar-refractivity contribution >= 4 is 35.8 Å². The van der Waals surface area contributed by atoms with E-state index in [0.29, 0.717) is 47.3 Å². The maximum atomic E-state index is 13.0. The fourth-order valence-electron chi connectivity index (χ4n) is 27.3. The van der Waals surface area contributed by atoms with Gasteiger partial charge in [-0.15, -0.1) is 0 Å². The minimum absolute atomic E-state index is 0.0000246. The SMILES string of the molecule is C=CC1(OC(=O)C(C)(C)CC)C2CC3CC(C2)C(CO)C1C3.C=CC1(OC(=O)C(C)(C)CC)C2CC3CC1CC(O)(C3)C2.CC/C=C\C1(OC(=O)C(C)(C)CC)C2CC3CC1CC(C(=O)OC)(C3)C2.CCC(C)(C)C(=O)OC1(C=C(C)C)C2CC3CC(C2)CC1C3.CCC(C)(C)C(=O)OC1(C=C2CCCC2)C2CC3CC(C2)CC1C3. The molecule has 0 aromatic rings. The molecular weight excluding hydrogens is 1440 g/mol. The van der Waals surface area contributed by atoms with Crippen LogP contribution in [0, 0.1) is 145 Å². The van der Waals surface area contributed by atoms with Gasteiger partial charge >= 0.3 is 35.8 Å². The Morgan fingerprint density at radius 3 is 1.14 bits per heavy atom. The summed E-state index contributed by atoms with van der Waals surface area (Å²) in [5.41, 5.74) is -2.39. The lowest BCUT2D eigenvalue weighted by Crippen LogP contribution is -2.64. The summed E-state index contributed by atoms with van der Waals surface area (Å²) in [6.45, 7) is 44.7. The van der Waals surface area contributed by atoms with Crippen molar-refractivity contribution in [2.75, 3.05) is 13.7 Å². The van der Waals surface area contributed by atoms with Crippen molar-refractivity contribution in [2.45, 2.75) is 377 Å². The third-order valence-electron chi connectivity index (χ3n) is 35.3. The first-order valence-electron chi connectivity index (χ1n) is 46.9. The lowest BCUT2D eigenvalue weighted by molar-refractivity contribution is -0.230. The standard InChI is InChI=1S/C22H34O4.C22H34O2.C20H32O2.C19H30O3.C18H28O3/c1-6-8-9-22(26-18(23)20(3,4)7-2)16-10-15-11-17(22)14-21(12-15,13-16)19(24)25-5;1-4-21(2,3)20(23)24-22(14-15-7-5-6-8-15)18-10-16-9-17(12-18)13-19(22)11-16;1-6-19(4,5)18(21)22-20(12-13(2)3)16-8-14-7-15(10-16)11-17(20)9-14;1-5-18(3,4)17(21)22-19(6-2)14-8-12-7-13(10-14)15(11-20)16(19)9-12;1-5-16(3,4)15(19)21-18(6-2)13-7-12-8-14(18)11-17(20,9-12)10-13/h8-9,15-17H,6-7,10-14H2,1-5H3;14,16-19H,4-13H2,1-3H3;12,14-17H,6-11H2,1-5H3;6,12-16,20H,2,5,7-11H2,1,3-4H3;6,12-14,20H,2,5,7-11H2,1,3-4H3/b9-8-;;;;. The molecule has 0 radical (unpaired) electrons. The molecule has 10 atom stereocenters. The molecule has 21 rings (SSSR count). The zero-order valence-electron chi connectivity index (χ0n) is 75.4. The summed E-state index contributed by atoms with van der Waals surface area (Å²) in [6, 6.07) is 0. The highest BCUT2D eigenvalue weighted by Crippen LogP contribution is 2.69. The molecule has 0 aromatic carbocycles. The number of esters is 6. The van der Waals surface area contributed by atoms with Gasteiger partial charge in [0.15, 0.2) is 0 Å². The number of ether oxygens (including phenoxy) is 6. The van der Waals surface area contributed by atoms with Gasteiger partial charge in [0.1, 0.15) is 28.0 Å². The Kier molecular flexibility index (Phi) is 26.3. The van der Waals surface area contributed by atoms with Gasteiger partial charge in [-0.05, 0) is 385 Å². The second-order valence-electron chi connectivity index (χ2n) is 44.9. The van der Waals surface area contributed by atoms with Crippen LogP contribution >= 0.6 is 0 Å². The van der Waals surface area contributed by atoms with Crippen molar-refractivity contribution in [2.24, 2.45) is 145 Å². The van der Waals surface area contributed by atoms with Crippen LogP contribution in [0.5, 0.6) is 0 Å². The fraction of sp³-hybridized carbons (Fsp3) is 0.842. The van der Waals surface area contributed by atoms with Crippen LogP contribution in [0.3, 0.4) is 0 Å². The monoisotopic (exact) mass is 1600 g/mol. The van der Waals surface area contributed by atoms with Gasteiger partial charge in [0, 0.05) is 65.8 Å². The van der Waals surface area contributed by atoms with E-state index in [9.17, 15) is 39.0 Å². The van der Waals surface area contributed by atoms with Crippen molar-refractivity contribution in [3.05, 3.63) is 60.8 Å². The quantitative estimate of drug-likeness (QED) is 0.0556. The van der Waals surface area contributed by atoms with Gasteiger partial charge < -0.3 is 38.6 Å². The molecule has 0 heterocycles. The number of hydrogen-bond acceptors (Lipinski definition) is 14. The lowest BCUT2D eigenvalue weighted by Gasteiger charge is -2.62. The summed E-state index contributed by atoms with van der Waals surface area (Å²) in [5.74, 6) is 9.80. The number of allylic oxidation sites excluding steroid dienone is 3. The van der Waals surface area contributed by atoms with Crippen LogP contribution in [0.2, 0.25) is 0 Å². The van der Waals surface area contributed by atoms with Crippen molar-refractivity contribution < 1.29 is 67.4 Å². The topological polar surface area (TPSA) is 198 Å². The maximum Gasteiger partial charge on any atom is 0.312 e. The third-order valence-corrected chi connectivity index (χ3v) is 35.3. The summed E-state index contributed by atoms with van der Waals surface area (Å²) in [4.78, 5) is 76.7. The van der Waals surface area contributed by atoms with Crippen LogP contribution in [-0.2, 0) is 57.2 Å². The number of aliphatic hydroxyl groups is 2. The predicted molar refractivity (Wildman–Crippen MR) is 454 cm³/mol. The smallest absolute Gasteiger partial charge is 0.312 e. The first-order chi connectivity index (χ1) is 54.0. The van der Waals surface area contributed by atoms with E-state index < -0.39 is 38.6 Å². The van der Waals surface area contributed by atoms with E-state index in [4.69, 9.17) is 28.4 Å². The molecule has 0 spiro atoms. The van der Waals surface area contributed by atoms with Gasteiger partial charge in [-0.25, -0.2) is 0 Å². The largest absolute Gasteiger partial charge is 0.469 e. The molecule has 21 aliphatic rings. The van der Waals surface area contributed by atoms with E-state index in [1.807, 2.05) is 102 Å². The lowest BCUT2D eigenvalue weighted by atomic mass is 9.44. The minimum Gasteiger partial charge on any atom is -0.469 e. The highest BCUT2D eigenvalue weighted by Gasteiger charge is 2.69. The summed E-state index contributed by atoms with van der Waals surface area (Å²) in [5, 5.41) is 20.6. The summed E-state index contributed by atoms with van der Waals surface area (Å²) in [7, 11) is 1.49. The zero-order valence-corrected chi connectivity index (χ0v) is 75.4. The van der Waals surface area contributed by atoms with Gasteiger partial charge in [0.25, 0.3) is 0 Å². The Morgan fingerprint density at radius 1 is 0.417 bits per heavy atom. The van der Waals surface area contributed by atoms with Crippen LogP contribution in [-0.4, -0.2) is 93.4 Å². The van der Waals surface area contributed by atoms with E-state index in [-0.39, 0.29) is 105 Å². The molecule has 10 unspecified atom stereocenters. The maximum absolute atomic E-state index is 13.0. The van der Waals surface area contributed by atoms with Gasteiger partial charge in [-0.3, -0.25) is 28.8 Å². The molecular formula is C101H158O14. The van der Waals surface area contributed by atoms with Crippen LogP contribution in [0.25, 0.3) is 0 Å². The third kappa shape index (κ3) is 16.9. The van der Waals surface area contributed by atoms with E-state index in [1.54, 1.807) is 5.57 Å². The number of carbonyl (C=O) groups is 6. The molecule has 2 N–H and O–H groups in total. The Balaban J connectivity index is 0.000000133. The van der Waals surface area contributed by atoms with Gasteiger partial charge in [-0.1, -0.05) is 71.9 Å². The highest BCUT2D eigenvalue weighted by molar-refractivity contribution is 5.80. The Bertz CT molecular complexity index is 3550. The number of hydrogen-bond donors (Lipinski definition) is 2. The zero-order chi connectivity index (χ0) is 83.8. The van der Waals surface area contributed by atoms with Crippen molar-refractivity contribution in [3.8, 4) is 0 Å². The molecule has 21 saturated carbocycles. The normalized spacial score (nSPS) is 41.3. The van der Waals surface area contributed by atoms with Gasteiger partial charge in [-0.2, -0.15) is 0 Å². The number of methoxy groups -OCH3 is 1. The minimum atomic E-state index is -0.551. The molecule has 0 aromatic heterocycles. The van der Waals surface area contributed by atoms with Crippen LogP contribution < -0.4 is 0 Å². The van der Waals surface area contributed by atoms with Gasteiger partial charge in [0.05, 0.1) is 45.2 Å². The summed E-state index contributed by atoms with van der Waals surface area (Å²) >= 11 is 0. The average Bonchev–Trinajstić information content (AvgIpc) is 0.762. The first kappa shape index (κ1) is 89.7. The Hall–Kier alpha value is -4.56. The second kappa shape index (κ2) is 33.7. The first-order valence-corrected chi connectivity index (χ1v) is 46.9. The van der Waals surface area contributed by atoms with Crippen molar-refractivity contribution in [3.63, 3.8) is 0 Å². The fourth-order valence-corrected chi connectivity index (χ4v) is 27.3. The average molecular weight is 1600 g/mol. The summed E-state index contributed by atoms with van der Waals surface area (Å²) in [6.07, 6.45) is 49.6. The van der Waals surface area contributed by atoms with Crippen molar-refractivity contribution in [1.29, 1.82) is 0 Å². The predicted octanol–water partition coefficient (Wildman–Crippen LogP) is 22.5.